The van der Waals surface area contributed by atoms with Crippen LogP contribution >= 0.6 is 0 Å². The Balaban J connectivity index is 1.68. The summed E-state index contributed by atoms with van der Waals surface area (Å²) in [6.45, 7) is 1.96. The van der Waals surface area contributed by atoms with E-state index in [4.69, 9.17) is 0 Å². The standard InChI is InChI=1S/C21H24N6O/c1-13-10-20(27(3)26-13)25-19-11-18(16(12-23-19)14-8-9-14)24-17-7-5-4-6-15(17)21(28)22-2/h4-7,10-12,14H,8-9H2,1-3H3,(H,22,28)(H2,23,24,25). The molecule has 1 fully saturated rings. The largest absolute Gasteiger partial charge is 0.355 e. The predicted molar refractivity (Wildman–Crippen MR) is 111 cm³/mol. The molecule has 1 aliphatic rings. The van der Waals surface area contributed by atoms with Crippen LogP contribution in [0, 0.1) is 6.92 Å². The maximum atomic E-state index is 12.2. The molecule has 0 aliphatic heterocycles. The number of rotatable bonds is 6. The van der Waals surface area contributed by atoms with Crippen LogP contribution in [-0.2, 0) is 7.05 Å². The summed E-state index contributed by atoms with van der Waals surface area (Å²) in [4.78, 5) is 16.8. The third-order valence-electron chi connectivity index (χ3n) is 4.88. The fourth-order valence-corrected chi connectivity index (χ4v) is 3.29. The number of aryl methyl sites for hydroxylation is 2. The van der Waals surface area contributed by atoms with Crippen molar-refractivity contribution in [3.05, 3.63) is 59.4 Å². The van der Waals surface area contributed by atoms with Crippen molar-refractivity contribution in [3.63, 3.8) is 0 Å². The predicted octanol–water partition coefficient (Wildman–Crippen LogP) is 3.85. The number of pyridine rings is 1. The van der Waals surface area contributed by atoms with Gasteiger partial charge in [0.2, 0.25) is 0 Å². The van der Waals surface area contributed by atoms with E-state index in [1.807, 2.05) is 56.6 Å². The number of para-hydroxylation sites is 1. The Hall–Kier alpha value is -3.35. The maximum absolute atomic E-state index is 12.2. The van der Waals surface area contributed by atoms with Crippen LogP contribution in [0.2, 0.25) is 0 Å². The lowest BCUT2D eigenvalue weighted by atomic mass is 10.1. The number of benzene rings is 1. The molecule has 28 heavy (non-hydrogen) atoms. The molecule has 1 saturated carbocycles. The first kappa shape index (κ1) is 18.0. The Bertz CT molecular complexity index is 1020. The molecule has 7 heteroatoms. The quantitative estimate of drug-likeness (QED) is 0.609. The van der Waals surface area contributed by atoms with Crippen LogP contribution in [0.5, 0.6) is 0 Å². The Morgan fingerprint density at radius 1 is 1.14 bits per heavy atom. The molecule has 0 atom stereocenters. The molecule has 0 spiro atoms. The van der Waals surface area contributed by atoms with Gasteiger partial charge in [-0.05, 0) is 43.4 Å². The molecular weight excluding hydrogens is 352 g/mol. The second-order valence-corrected chi connectivity index (χ2v) is 7.10. The second kappa shape index (κ2) is 7.34. The molecule has 7 nitrogen and oxygen atoms in total. The summed E-state index contributed by atoms with van der Waals surface area (Å²) < 4.78 is 1.79. The first-order valence-corrected chi connectivity index (χ1v) is 9.41. The van der Waals surface area contributed by atoms with Gasteiger partial charge >= 0.3 is 0 Å². The van der Waals surface area contributed by atoms with Gasteiger partial charge < -0.3 is 16.0 Å². The van der Waals surface area contributed by atoms with Crippen molar-refractivity contribution in [1.82, 2.24) is 20.1 Å². The molecular formula is C21H24N6O. The molecule has 2 heterocycles. The van der Waals surface area contributed by atoms with Crippen molar-refractivity contribution in [3.8, 4) is 0 Å². The third-order valence-corrected chi connectivity index (χ3v) is 4.88. The zero-order valence-electron chi connectivity index (χ0n) is 16.3. The Morgan fingerprint density at radius 2 is 1.93 bits per heavy atom. The minimum atomic E-state index is -0.117. The highest BCUT2D eigenvalue weighted by atomic mass is 16.1. The van der Waals surface area contributed by atoms with Crippen LogP contribution in [0.4, 0.5) is 23.0 Å². The van der Waals surface area contributed by atoms with E-state index in [-0.39, 0.29) is 5.91 Å². The first-order valence-electron chi connectivity index (χ1n) is 9.41. The summed E-state index contributed by atoms with van der Waals surface area (Å²) in [5.74, 6) is 2.01. The van der Waals surface area contributed by atoms with Crippen molar-refractivity contribution >= 4 is 28.9 Å². The van der Waals surface area contributed by atoms with E-state index in [1.54, 1.807) is 11.7 Å². The average Bonchev–Trinajstić information content (AvgIpc) is 3.47. The summed E-state index contributed by atoms with van der Waals surface area (Å²) in [6.07, 6.45) is 4.26. The smallest absolute Gasteiger partial charge is 0.253 e. The number of anilines is 4. The first-order chi connectivity index (χ1) is 13.5. The summed E-state index contributed by atoms with van der Waals surface area (Å²) >= 11 is 0. The fourth-order valence-electron chi connectivity index (χ4n) is 3.29. The molecule has 0 radical (unpaired) electrons. The topological polar surface area (TPSA) is 83.9 Å². The van der Waals surface area contributed by atoms with E-state index in [9.17, 15) is 4.79 Å². The fraction of sp³-hybridized carbons (Fsp3) is 0.286. The van der Waals surface area contributed by atoms with Gasteiger partial charge in [0.1, 0.15) is 11.6 Å². The molecule has 1 amide bonds. The lowest BCUT2D eigenvalue weighted by Gasteiger charge is -2.16. The summed E-state index contributed by atoms with van der Waals surface area (Å²) in [6, 6.07) is 11.5. The van der Waals surface area contributed by atoms with Gasteiger partial charge in [-0.3, -0.25) is 9.48 Å². The summed E-state index contributed by atoms with van der Waals surface area (Å²) in [7, 11) is 3.53. The highest BCUT2D eigenvalue weighted by molar-refractivity contribution is 6.00. The zero-order chi connectivity index (χ0) is 19.7. The Kier molecular flexibility index (Phi) is 4.73. The summed E-state index contributed by atoms with van der Waals surface area (Å²) in [5, 5.41) is 13.8. The van der Waals surface area contributed by atoms with Crippen LogP contribution in [0.1, 0.15) is 40.4 Å². The van der Waals surface area contributed by atoms with Gasteiger partial charge in [-0.1, -0.05) is 12.1 Å². The van der Waals surface area contributed by atoms with Crippen LogP contribution < -0.4 is 16.0 Å². The van der Waals surface area contributed by atoms with Gasteiger partial charge in [-0.15, -0.1) is 0 Å². The van der Waals surface area contributed by atoms with Gasteiger partial charge in [0.05, 0.1) is 16.9 Å². The number of amides is 1. The maximum Gasteiger partial charge on any atom is 0.253 e. The van der Waals surface area contributed by atoms with Gasteiger partial charge in [-0.2, -0.15) is 5.10 Å². The van der Waals surface area contributed by atoms with Crippen LogP contribution in [0.15, 0.2) is 42.6 Å². The Labute approximate surface area is 164 Å². The minimum absolute atomic E-state index is 0.117. The minimum Gasteiger partial charge on any atom is -0.355 e. The molecule has 0 saturated heterocycles. The Morgan fingerprint density at radius 3 is 2.61 bits per heavy atom. The van der Waals surface area contributed by atoms with Crippen LogP contribution in [0.25, 0.3) is 0 Å². The molecule has 3 aromatic rings. The van der Waals surface area contributed by atoms with E-state index >= 15 is 0 Å². The average molecular weight is 376 g/mol. The lowest BCUT2D eigenvalue weighted by Crippen LogP contribution is -2.19. The van der Waals surface area contributed by atoms with Crippen LogP contribution in [0.3, 0.4) is 0 Å². The van der Waals surface area contributed by atoms with Crippen molar-refractivity contribution in [2.75, 3.05) is 17.7 Å². The number of nitrogens with one attached hydrogen (secondary N) is 3. The lowest BCUT2D eigenvalue weighted by molar-refractivity contribution is 0.0964. The summed E-state index contributed by atoms with van der Waals surface area (Å²) in [5.41, 5.74) is 4.48. The molecule has 4 rings (SSSR count). The van der Waals surface area contributed by atoms with E-state index in [2.05, 4.69) is 26.0 Å². The number of nitrogens with zero attached hydrogens (tertiary/aromatic N) is 3. The van der Waals surface area contributed by atoms with Gasteiger partial charge in [0, 0.05) is 38.1 Å². The third kappa shape index (κ3) is 3.69. The highest BCUT2D eigenvalue weighted by Gasteiger charge is 2.27. The van der Waals surface area contributed by atoms with E-state index < -0.39 is 0 Å². The molecule has 1 aliphatic carbocycles. The molecule has 1 aromatic carbocycles. The SMILES string of the molecule is CNC(=O)c1ccccc1Nc1cc(Nc2cc(C)nn2C)ncc1C1CC1. The normalized spacial score (nSPS) is 13.2. The van der Waals surface area contributed by atoms with Crippen molar-refractivity contribution < 1.29 is 4.79 Å². The van der Waals surface area contributed by atoms with Crippen LogP contribution in [-0.4, -0.2) is 27.7 Å². The number of hydrogen-bond donors (Lipinski definition) is 3. The van der Waals surface area contributed by atoms with Gasteiger partial charge in [0.15, 0.2) is 0 Å². The van der Waals surface area contributed by atoms with E-state index in [0.29, 0.717) is 11.5 Å². The van der Waals surface area contributed by atoms with Crippen molar-refractivity contribution in [2.45, 2.75) is 25.7 Å². The molecule has 144 valence electrons. The molecule has 3 N–H and O–H groups in total. The van der Waals surface area contributed by atoms with Gasteiger partial charge in [-0.25, -0.2) is 4.98 Å². The molecule has 0 unspecified atom stereocenters. The van der Waals surface area contributed by atoms with Crippen molar-refractivity contribution in [2.24, 2.45) is 7.05 Å². The number of carbonyl (C=O) groups excluding carboxylic acids is 1. The van der Waals surface area contributed by atoms with E-state index in [1.165, 1.54) is 18.4 Å². The number of carbonyl (C=O) groups is 1. The second-order valence-electron chi connectivity index (χ2n) is 7.10. The van der Waals surface area contributed by atoms with Crippen molar-refractivity contribution in [1.29, 1.82) is 0 Å². The monoisotopic (exact) mass is 376 g/mol. The highest BCUT2D eigenvalue weighted by Crippen LogP contribution is 2.44. The van der Waals surface area contributed by atoms with E-state index in [0.717, 1.165) is 28.7 Å². The number of aromatic nitrogens is 3. The van der Waals surface area contributed by atoms with Gasteiger partial charge in [0.25, 0.3) is 5.91 Å². The molecule has 0 bridgehead atoms. The molecule has 2 aromatic heterocycles. The number of hydrogen-bond acceptors (Lipinski definition) is 5. The zero-order valence-corrected chi connectivity index (χ0v) is 16.3.